The molecule has 4 aliphatic rings. The van der Waals surface area contributed by atoms with Crippen molar-refractivity contribution >= 4 is 5.69 Å². The molecule has 0 saturated carbocycles. The number of hydrogen-bond donors (Lipinski definition) is 0. The Morgan fingerprint density at radius 2 is 2.09 bits per heavy atom. The number of rotatable bonds is 0. The molecule has 0 N–H and O–H groups in total. The lowest BCUT2D eigenvalue weighted by molar-refractivity contribution is -0.0582. The Balaban J connectivity index is 1.47. The lowest BCUT2D eigenvalue weighted by Gasteiger charge is -2.53. The van der Waals surface area contributed by atoms with Gasteiger partial charge in [0.1, 0.15) is 0 Å². The van der Waals surface area contributed by atoms with E-state index in [-0.39, 0.29) is 0 Å². The molecule has 2 unspecified atom stereocenters. The van der Waals surface area contributed by atoms with Gasteiger partial charge in [-0.05, 0) is 56.2 Å². The molecule has 124 valence electrons. The van der Waals surface area contributed by atoms with Crippen molar-refractivity contribution < 1.29 is 4.74 Å². The average Bonchev–Trinajstić information content (AvgIpc) is 2.85. The van der Waals surface area contributed by atoms with Crippen LogP contribution >= 0.6 is 0 Å². The molecule has 5 atom stereocenters. The Labute approximate surface area is 139 Å². The van der Waals surface area contributed by atoms with Crippen molar-refractivity contribution in [1.29, 1.82) is 0 Å². The van der Waals surface area contributed by atoms with Crippen molar-refractivity contribution in [3.63, 3.8) is 0 Å². The van der Waals surface area contributed by atoms with E-state index in [4.69, 9.17) is 4.74 Å². The van der Waals surface area contributed by atoms with Crippen LogP contribution in [-0.4, -0.2) is 50.3 Å². The molecule has 23 heavy (non-hydrogen) atoms. The number of anilines is 1. The summed E-state index contributed by atoms with van der Waals surface area (Å²) in [4.78, 5) is 5.40. The number of benzene rings is 1. The molecular weight excluding hydrogens is 284 g/mol. The highest BCUT2D eigenvalue weighted by Crippen LogP contribution is 2.50. The summed E-state index contributed by atoms with van der Waals surface area (Å²) in [5.41, 5.74) is 4.51. The highest BCUT2D eigenvalue weighted by atomic mass is 16.5. The van der Waals surface area contributed by atoms with Gasteiger partial charge in [0.15, 0.2) is 0 Å². The first kappa shape index (κ1) is 14.3. The molecule has 0 aromatic heterocycles. The molecule has 5 rings (SSSR count). The summed E-state index contributed by atoms with van der Waals surface area (Å²) in [6.45, 7) is 6.75. The van der Waals surface area contributed by atoms with Gasteiger partial charge in [0.05, 0.1) is 12.6 Å². The van der Waals surface area contributed by atoms with Gasteiger partial charge in [0, 0.05) is 37.8 Å². The summed E-state index contributed by atoms with van der Waals surface area (Å²) in [5, 5.41) is 0. The van der Waals surface area contributed by atoms with Crippen LogP contribution in [0.25, 0.3) is 0 Å². The molecule has 3 heteroatoms. The van der Waals surface area contributed by atoms with Gasteiger partial charge in [0.2, 0.25) is 0 Å². The molecule has 1 aromatic rings. The fourth-order valence-corrected chi connectivity index (χ4v) is 5.93. The lowest BCUT2D eigenvalue weighted by atomic mass is 9.72. The van der Waals surface area contributed by atoms with Crippen LogP contribution in [0.3, 0.4) is 0 Å². The molecule has 4 aliphatic heterocycles. The van der Waals surface area contributed by atoms with Crippen molar-refractivity contribution in [2.75, 3.05) is 38.3 Å². The Hall–Kier alpha value is -1.06. The van der Waals surface area contributed by atoms with Crippen LogP contribution in [0.1, 0.15) is 36.3 Å². The van der Waals surface area contributed by atoms with Crippen molar-refractivity contribution in [1.82, 2.24) is 4.90 Å². The van der Waals surface area contributed by atoms with E-state index < -0.39 is 0 Å². The van der Waals surface area contributed by atoms with Crippen LogP contribution in [0, 0.1) is 18.8 Å². The summed E-state index contributed by atoms with van der Waals surface area (Å²) in [6, 6.07) is 8.51. The molecule has 1 aromatic carbocycles. The number of ether oxygens (including phenoxy) is 1. The van der Waals surface area contributed by atoms with Crippen molar-refractivity contribution in [2.24, 2.45) is 11.8 Å². The minimum absolute atomic E-state index is 0.685. The van der Waals surface area contributed by atoms with Gasteiger partial charge < -0.3 is 9.64 Å². The maximum absolute atomic E-state index is 5.75. The molecule has 3 fully saturated rings. The van der Waals surface area contributed by atoms with Crippen LogP contribution < -0.4 is 4.90 Å². The van der Waals surface area contributed by atoms with E-state index in [1.54, 1.807) is 5.56 Å². The summed E-state index contributed by atoms with van der Waals surface area (Å²) in [6.07, 6.45) is 3.98. The maximum Gasteiger partial charge on any atom is 0.0512 e. The third-order valence-corrected chi connectivity index (χ3v) is 7.06. The van der Waals surface area contributed by atoms with Crippen molar-refractivity contribution in [3.05, 3.63) is 29.3 Å². The second-order valence-electron chi connectivity index (χ2n) is 8.24. The molecule has 0 spiro atoms. The fraction of sp³-hybridized carbons (Fsp3) is 0.700. The summed E-state index contributed by atoms with van der Waals surface area (Å²) < 4.78 is 5.75. The highest BCUT2D eigenvalue weighted by molar-refractivity contribution is 5.63. The molecule has 0 aliphatic carbocycles. The second-order valence-corrected chi connectivity index (χ2v) is 8.24. The van der Waals surface area contributed by atoms with Gasteiger partial charge in [-0.25, -0.2) is 0 Å². The largest absolute Gasteiger partial charge is 0.381 e. The molecular formula is C20H28N2O. The Morgan fingerprint density at radius 1 is 1.17 bits per heavy atom. The van der Waals surface area contributed by atoms with Crippen molar-refractivity contribution in [3.8, 4) is 0 Å². The van der Waals surface area contributed by atoms with Crippen LogP contribution in [0.15, 0.2) is 18.2 Å². The standard InChI is InChI=1S/C20H28N2O/c1-13-3-4-18-17(9-13)16-5-7-22-11-15-12-23-8-6-14(15)10-19(22)20(16)21(18)2/h3-4,9,14-16,19-20H,5-8,10-12H2,1-2H3/t14-,15+,16?,19-,20?/m0/s1. The maximum atomic E-state index is 5.75. The van der Waals surface area contributed by atoms with Gasteiger partial charge in [0.25, 0.3) is 0 Å². The quantitative estimate of drug-likeness (QED) is 0.732. The van der Waals surface area contributed by atoms with Crippen LogP contribution in [0.5, 0.6) is 0 Å². The first-order valence-electron chi connectivity index (χ1n) is 9.37. The highest BCUT2D eigenvalue weighted by Gasteiger charge is 2.50. The Morgan fingerprint density at radius 3 is 3.00 bits per heavy atom. The summed E-state index contributed by atoms with van der Waals surface area (Å²) >= 11 is 0. The van der Waals surface area contributed by atoms with Crippen molar-refractivity contribution in [2.45, 2.75) is 44.2 Å². The van der Waals surface area contributed by atoms with E-state index in [9.17, 15) is 0 Å². The molecule has 4 heterocycles. The molecule has 0 amide bonds. The molecule has 0 radical (unpaired) electrons. The monoisotopic (exact) mass is 312 g/mol. The van der Waals surface area contributed by atoms with Gasteiger partial charge in [-0.15, -0.1) is 0 Å². The zero-order valence-corrected chi connectivity index (χ0v) is 14.4. The fourth-order valence-electron chi connectivity index (χ4n) is 5.93. The smallest absolute Gasteiger partial charge is 0.0512 e. The number of aryl methyl sites for hydroxylation is 1. The number of likely N-dealkylation sites (N-methyl/N-ethyl adjacent to an activating group) is 1. The van der Waals surface area contributed by atoms with E-state index in [1.807, 2.05) is 0 Å². The van der Waals surface area contributed by atoms with Gasteiger partial charge in [-0.3, -0.25) is 4.90 Å². The molecule has 0 bridgehead atoms. The first-order chi connectivity index (χ1) is 11.2. The van der Waals surface area contributed by atoms with E-state index in [1.165, 1.54) is 43.6 Å². The third-order valence-electron chi connectivity index (χ3n) is 7.06. The first-order valence-corrected chi connectivity index (χ1v) is 9.37. The Bertz CT molecular complexity index is 616. The van der Waals surface area contributed by atoms with Gasteiger partial charge in [-0.1, -0.05) is 17.7 Å². The normalized spacial score (nSPS) is 39.4. The molecule has 3 nitrogen and oxygen atoms in total. The lowest BCUT2D eigenvalue weighted by Crippen LogP contribution is -2.61. The predicted molar refractivity (Wildman–Crippen MR) is 93.1 cm³/mol. The van der Waals surface area contributed by atoms with Crippen LogP contribution in [0.2, 0.25) is 0 Å². The Kier molecular flexibility index (Phi) is 3.24. The van der Waals surface area contributed by atoms with Gasteiger partial charge >= 0.3 is 0 Å². The number of piperidine rings is 2. The summed E-state index contributed by atoms with van der Waals surface area (Å²) in [7, 11) is 2.33. The zero-order chi connectivity index (χ0) is 15.6. The van der Waals surface area contributed by atoms with E-state index in [0.29, 0.717) is 6.04 Å². The third kappa shape index (κ3) is 2.09. The van der Waals surface area contributed by atoms with E-state index in [0.717, 1.165) is 37.0 Å². The second kappa shape index (κ2) is 5.22. The van der Waals surface area contributed by atoms with Gasteiger partial charge in [-0.2, -0.15) is 0 Å². The minimum Gasteiger partial charge on any atom is -0.381 e. The zero-order valence-electron chi connectivity index (χ0n) is 14.4. The van der Waals surface area contributed by atoms with Crippen LogP contribution in [-0.2, 0) is 4.74 Å². The minimum atomic E-state index is 0.685. The number of fused-ring (bicyclic) bond motifs is 6. The van der Waals surface area contributed by atoms with Crippen LogP contribution in [0.4, 0.5) is 5.69 Å². The average molecular weight is 312 g/mol. The topological polar surface area (TPSA) is 15.7 Å². The number of nitrogens with zero attached hydrogens (tertiary/aromatic N) is 2. The SMILES string of the molecule is Cc1ccc2c(c1)C1CCN3C[C@@H]4COCC[C@H]4C[C@H]3C1N2C. The van der Waals surface area contributed by atoms with E-state index >= 15 is 0 Å². The molecule has 3 saturated heterocycles. The van der Waals surface area contributed by atoms with E-state index in [2.05, 4.69) is 42.0 Å². The summed E-state index contributed by atoms with van der Waals surface area (Å²) in [5.74, 6) is 2.42. The predicted octanol–water partition coefficient (Wildman–Crippen LogP) is 3.03. The number of hydrogen-bond acceptors (Lipinski definition) is 3.